The molecule has 0 aliphatic rings. The maximum atomic E-state index is 10.2. The Balaban J connectivity index is 1.38. The minimum Gasteiger partial charge on any atom is -0.497 e. The summed E-state index contributed by atoms with van der Waals surface area (Å²) in [6.45, 7) is 0.707. The highest BCUT2D eigenvalue weighted by molar-refractivity contribution is 5.47. The van der Waals surface area contributed by atoms with Crippen molar-refractivity contribution in [3.63, 3.8) is 0 Å². The standard InChI is InChI=1S/C25H30N4O3/c1-31-23-14-11-19(12-15-23)16-26-24-9-5-7-21(29-24)6-3-4-8-22(30)13-10-20-17-27-25(32-2)28-18-20/h5,7,9-15,17-18,22,30H,3-4,6,8,16H2,1-2H3,(H,26,29). The molecule has 2 aromatic heterocycles. The van der Waals surface area contributed by atoms with Crippen LogP contribution < -0.4 is 14.8 Å². The summed E-state index contributed by atoms with van der Waals surface area (Å²) < 4.78 is 10.1. The number of hydrogen-bond donors (Lipinski definition) is 2. The fraction of sp³-hybridized carbons (Fsp3) is 0.320. The zero-order valence-electron chi connectivity index (χ0n) is 18.6. The van der Waals surface area contributed by atoms with Crippen LogP contribution in [0, 0.1) is 0 Å². The van der Waals surface area contributed by atoms with E-state index in [4.69, 9.17) is 14.5 Å². The lowest BCUT2D eigenvalue weighted by Crippen LogP contribution is -2.04. The number of ether oxygens (including phenoxy) is 2. The van der Waals surface area contributed by atoms with Gasteiger partial charge >= 0.3 is 6.01 Å². The molecule has 0 saturated heterocycles. The maximum absolute atomic E-state index is 10.2. The molecule has 0 radical (unpaired) electrons. The molecule has 3 rings (SSSR count). The van der Waals surface area contributed by atoms with Crippen LogP contribution in [0.5, 0.6) is 11.8 Å². The number of nitrogens with one attached hydrogen (secondary N) is 1. The first-order valence-corrected chi connectivity index (χ1v) is 10.7. The zero-order chi connectivity index (χ0) is 22.6. The maximum Gasteiger partial charge on any atom is 0.316 e. The van der Waals surface area contributed by atoms with E-state index in [0.717, 1.165) is 42.1 Å². The minimum absolute atomic E-state index is 0.330. The van der Waals surface area contributed by atoms with Crippen molar-refractivity contribution in [2.45, 2.75) is 38.3 Å². The summed E-state index contributed by atoms with van der Waals surface area (Å²) in [4.78, 5) is 12.8. The van der Waals surface area contributed by atoms with Gasteiger partial charge in [0.25, 0.3) is 0 Å². The van der Waals surface area contributed by atoms with Crippen LogP contribution in [0.4, 0.5) is 5.82 Å². The van der Waals surface area contributed by atoms with Crippen molar-refractivity contribution >= 4 is 11.9 Å². The number of methoxy groups -OCH3 is 2. The second-order valence-corrected chi connectivity index (χ2v) is 7.39. The van der Waals surface area contributed by atoms with E-state index in [0.29, 0.717) is 19.0 Å². The third kappa shape index (κ3) is 7.67. The van der Waals surface area contributed by atoms with Gasteiger partial charge in [-0.05, 0) is 49.1 Å². The quantitative estimate of drug-likeness (QED) is 0.411. The van der Waals surface area contributed by atoms with Crippen molar-refractivity contribution in [1.29, 1.82) is 0 Å². The summed E-state index contributed by atoms with van der Waals surface area (Å²) in [6.07, 6.45) is 9.87. The number of pyridine rings is 1. The molecule has 0 saturated carbocycles. The van der Waals surface area contributed by atoms with Crippen molar-refractivity contribution in [1.82, 2.24) is 15.0 Å². The van der Waals surface area contributed by atoms with Crippen LogP contribution in [-0.2, 0) is 13.0 Å². The first kappa shape index (κ1) is 23.2. The van der Waals surface area contributed by atoms with Gasteiger partial charge in [-0.15, -0.1) is 0 Å². The van der Waals surface area contributed by atoms with Gasteiger partial charge in [-0.3, -0.25) is 0 Å². The van der Waals surface area contributed by atoms with Crippen LogP contribution in [-0.4, -0.2) is 40.4 Å². The van der Waals surface area contributed by atoms with Crippen molar-refractivity contribution in [3.8, 4) is 11.8 Å². The molecule has 0 fully saturated rings. The normalized spacial score (nSPS) is 12.0. The summed E-state index contributed by atoms with van der Waals surface area (Å²) >= 11 is 0. The molecule has 0 spiro atoms. The Morgan fingerprint density at radius 1 is 1.00 bits per heavy atom. The first-order chi connectivity index (χ1) is 15.7. The highest BCUT2D eigenvalue weighted by Gasteiger charge is 2.03. The number of aliphatic hydroxyl groups excluding tert-OH is 1. The second-order valence-electron chi connectivity index (χ2n) is 7.39. The molecule has 0 aliphatic carbocycles. The number of anilines is 1. The van der Waals surface area contributed by atoms with E-state index < -0.39 is 6.10 Å². The fourth-order valence-corrected chi connectivity index (χ4v) is 3.15. The van der Waals surface area contributed by atoms with Crippen molar-refractivity contribution in [2.24, 2.45) is 0 Å². The largest absolute Gasteiger partial charge is 0.497 e. The van der Waals surface area contributed by atoms with Gasteiger partial charge in [0.05, 0.1) is 20.3 Å². The SMILES string of the molecule is COc1ccc(CNc2cccc(CCCCC(O)C=Cc3cnc(OC)nc3)n2)cc1. The highest BCUT2D eigenvalue weighted by atomic mass is 16.5. The number of aromatic nitrogens is 3. The van der Waals surface area contributed by atoms with Crippen molar-refractivity contribution in [3.05, 3.63) is 77.8 Å². The van der Waals surface area contributed by atoms with Gasteiger partial charge in [0.2, 0.25) is 0 Å². The Morgan fingerprint density at radius 3 is 2.50 bits per heavy atom. The Kier molecular flexibility index (Phi) is 9.01. The van der Waals surface area contributed by atoms with Gasteiger partial charge in [0.15, 0.2) is 0 Å². The minimum atomic E-state index is -0.498. The third-order valence-corrected chi connectivity index (χ3v) is 4.96. The number of aliphatic hydroxyl groups is 1. The second kappa shape index (κ2) is 12.4. The number of unbranched alkanes of at least 4 members (excludes halogenated alkanes) is 1. The average molecular weight is 435 g/mol. The van der Waals surface area contributed by atoms with Crippen LogP contribution in [0.2, 0.25) is 0 Å². The smallest absolute Gasteiger partial charge is 0.316 e. The summed E-state index contributed by atoms with van der Waals surface area (Å²) in [6, 6.07) is 14.4. The van der Waals surface area contributed by atoms with E-state index in [1.54, 1.807) is 25.6 Å². The molecule has 7 heteroatoms. The van der Waals surface area contributed by atoms with Gasteiger partial charge in [0.1, 0.15) is 11.6 Å². The molecule has 168 valence electrons. The predicted octanol–water partition coefficient (Wildman–Crippen LogP) is 4.29. The van der Waals surface area contributed by atoms with E-state index in [1.807, 2.05) is 48.5 Å². The number of benzene rings is 1. The fourth-order valence-electron chi connectivity index (χ4n) is 3.15. The molecule has 2 N–H and O–H groups in total. The molecule has 0 bridgehead atoms. The zero-order valence-corrected chi connectivity index (χ0v) is 18.6. The predicted molar refractivity (Wildman–Crippen MR) is 126 cm³/mol. The van der Waals surface area contributed by atoms with E-state index in [-0.39, 0.29) is 0 Å². The topological polar surface area (TPSA) is 89.4 Å². The van der Waals surface area contributed by atoms with Gasteiger partial charge < -0.3 is 19.9 Å². The summed E-state index contributed by atoms with van der Waals surface area (Å²) in [5.74, 6) is 1.72. The summed E-state index contributed by atoms with van der Waals surface area (Å²) in [7, 11) is 3.19. The van der Waals surface area contributed by atoms with Crippen LogP contribution in [0.3, 0.4) is 0 Å². The van der Waals surface area contributed by atoms with Crippen LogP contribution >= 0.6 is 0 Å². The monoisotopic (exact) mass is 434 g/mol. The lowest BCUT2D eigenvalue weighted by molar-refractivity contribution is 0.209. The average Bonchev–Trinajstić information content (AvgIpc) is 2.85. The number of rotatable bonds is 12. The number of aryl methyl sites for hydroxylation is 1. The van der Waals surface area contributed by atoms with E-state index in [1.165, 1.54) is 12.7 Å². The molecule has 7 nitrogen and oxygen atoms in total. The van der Waals surface area contributed by atoms with Crippen LogP contribution in [0.1, 0.15) is 36.1 Å². The van der Waals surface area contributed by atoms with Gasteiger partial charge in [0, 0.05) is 30.2 Å². The Hall–Kier alpha value is -3.45. The first-order valence-electron chi connectivity index (χ1n) is 10.7. The van der Waals surface area contributed by atoms with E-state index in [9.17, 15) is 5.11 Å². The number of hydrogen-bond acceptors (Lipinski definition) is 7. The molecule has 3 aromatic rings. The summed E-state index contributed by atoms with van der Waals surface area (Å²) in [5, 5.41) is 13.5. The van der Waals surface area contributed by atoms with Gasteiger partial charge in [-0.25, -0.2) is 15.0 Å². The molecular formula is C25H30N4O3. The van der Waals surface area contributed by atoms with E-state index >= 15 is 0 Å². The van der Waals surface area contributed by atoms with E-state index in [2.05, 4.69) is 15.3 Å². The Bertz CT molecular complexity index is 975. The summed E-state index contributed by atoms with van der Waals surface area (Å²) in [5.41, 5.74) is 3.04. The molecule has 2 heterocycles. The number of nitrogens with zero attached hydrogens (tertiary/aromatic N) is 3. The van der Waals surface area contributed by atoms with Crippen molar-refractivity contribution < 1.29 is 14.6 Å². The lowest BCUT2D eigenvalue weighted by atomic mass is 10.1. The van der Waals surface area contributed by atoms with Crippen molar-refractivity contribution in [2.75, 3.05) is 19.5 Å². The van der Waals surface area contributed by atoms with Crippen LogP contribution in [0.15, 0.2) is 60.9 Å². The molecule has 0 aliphatic heterocycles. The molecule has 1 aromatic carbocycles. The lowest BCUT2D eigenvalue weighted by Gasteiger charge is -2.09. The third-order valence-electron chi connectivity index (χ3n) is 4.96. The van der Waals surface area contributed by atoms with Gasteiger partial charge in [-0.1, -0.05) is 36.8 Å². The highest BCUT2D eigenvalue weighted by Crippen LogP contribution is 2.14. The Morgan fingerprint density at radius 2 is 1.78 bits per heavy atom. The molecular weight excluding hydrogens is 404 g/mol. The Labute approximate surface area is 189 Å². The molecule has 1 unspecified atom stereocenters. The molecule has 0 amide bonds. The molecule has 1 atom stereocenters. The van der Waals surface area contributed by atoms with Crippen LogP contribution in [0.25, 0.3) is 6.08 Å². The molecule has 32 heavy (non-hydrogen) atoms. The van der Waals surface area contributed by atoms with Gasteiger partial charge in [-0.2, -0.15) is 0 Å².